The van der Waals surface area contributed by atoms with Gasteiger partial charge in [-0.3, -0.25) is 14.6 Å². The van der Waals surface area contributed by atoms with E-state index in [4.69, 9.17) is 0 Å². The van der Waals surface area contributed by atoms with Gasteiger partial charge in [-0.2, -0.15) is 0 Å². The van der Waals surface area contributed by atoms with E-state index in [1.54, 1.807) is 73.1 Å². The molecule has 0 aliphatic rings. The minimum Gasteiger partial charge on any atom is -0.322 e. The first-order chi connectivity index (χ1) is 13.1. The number of hydrogen-bond donors (Lipinski definition) is 2. The van der Waals surface area contributed by atoms with Crippen LogP contribution in [0.15, 0.2) is 82.6 Å². The Hall–Kier alpha value is -4.00. The van der Waals surface area contributed by atoms with Crippen LogP contribution < -0.4 is 16.6 Å². The molecule has 7 nitrogen and oxygen atoms in total. The number of carbonyl (C=O) groups is 1. The van der Waals surface area contributed by atoms with Crippen LogP contribution in [0.25, 0.3) is 16.6 Å². The van der Waals surface area contributed by atoms with Gasteiger partial charge in [0.25, 0.3) is 11.5 Å². The summed E-state index contributed by atoms with van der Waals surface area (Å²) in [5.41, 5.74) is 0.947. The predicted octanol–water partition coefficient (Wildman–Crippen LogP) is 2.33. The number of nitrogens with zero attached hydrogens (tertiary/aromatic N) is 2. The van der Waals surface area contributed by atoms with E-state index in [1.165, 1.54) is 0 Å². The molecule has 132 valence electrons. The van der Waals surface area contributed by atoms with Crippen molar-refractivity contribution in [3.63, 3.8) is 0 Å². The van der Waals surface area contributed by atoms with Crippen LogP contribution in [0.4, 0.5) is 5.69 Å². The molecule has 27 heavy (non-hydrogen) atoms. The van der Waals surface area contributed by atoms with Crippen molar-refractivity contribution in [3.8, 4) is 5.69 Å². The third kappa shape index (κ3) is 3.13. The maximum absolute atomic E-state index is 12.7. The molecule has 0 spiro atoms. The summed E-state index contributed by atoms with van der Waals surface area (Å²) in [4.78, 5) is 43.9. The summed E-state index contributed by atoms with van der Waals surface area (Å²) in [5.74, 6) is -0.299. The first-order valence-corrected chi connectivity index (χ1v) is 8.19. The maximum Gasteiger partial charge on any atom is 0.333 e. The number of fused-ring (bicyclic) bond motifs is 1. The van der Waals surface area contributed by atoms with Crippen LogP contribution >= 0.6 is 0 Å². The Balaban J connectivity index is 1.69. The summed E-state index contributed by atoms with van der Waals surface area (Å²) in [5, 5.41) is 3.16. The molecule has 7 heteroatoms. The van der Waals surface area contributed by atoms with Gasteiger partial charge in [0, 0.05) is 23.6 Å². The lowest BCUT2D eigenvalue weighted by Gasteiger charge is -2.08. The fourth-order valence-corrected chi connectivity index (χ4v) is 2.80. The summed E-state index contributed by atoms with van der Waals surface area (Å²) in [7, 11) is 0. The Morgan fingerprint density at radius 3 is 2.37 bits per heavy atom. The number of benzene rings is 2. The fraction of sp³-hybridized carbons (Fsp3) is 0. The van der Waals surface area contributed by atoms with Crippen LogP contribution in [-0.2, 0) is 0 Å². The normalized spacial score (nSPS) is 10.7. The van der Waals surface area contributed by atoms with E-state index in [1.807, 2.05) is 0 Å². The third-order valence-electron chi connectivity index (χ3n) is 4.13. The van der Waals surface area contributed by atoms with Gasteiger partial charge in [-0.15, -0.1) is 0 Å². The fourth-order valence-electron chi connectivity index (χ4n) is 2.80. The van der Waals surface area contributed by atoms with Crippen LogP contribution in [0.2, 0.25) is 0 Å². The molecule has 0 aliphatic carbocycles. The van der Waals surface area contributed by atoms with Gasteiger partial charge in [-0.25, -0.2) is 9.36 Å². The molecule has 0 bridgehead atoms. The van der Waals surface area contributed by atoms with Gasteiger partial charge in [-0.1, -0.05) is 12.1 Å². The summed E-state index contributed by atoms with van der Waals surface area (Å²) in [6.45, 7) is 0. The molecule has 4 rings (SSSR count). The minimum absolute atomic E-state index is 0.299. The standard InChI is InChI=1S/C20H14N4O3/c25-18(22-14-9-11-21-12-10-14)13-5-7-15(8-6-13)24-19(26)16-3-1-2-4-17(16)23-20(24)27/h1-12H,(H,23,27)(H,21,22,25). The van der Waals surface area contributed by atoms with Crippen LogP contribution in [0, 0.1) is 0 Å². The second kappa shape index (κ2) is 6.72. The van der Waals surface area contributed by atoms with Crippen LogP contribution in [-0.4, -0.2) is 20.4 Å². The molecule has 2 heterocycles. The molecule has 0 fully saturated rings. The van der Waals surface area contributed by atoms with E-state index >= 15 is 0 Å². The summed E-state index contributed by atoms with van der Waals surface area (Å²) in [6.07, 6.45) is 3.16. The number of anilines is 1. The third-order valence-corrected chi connectivity index (χ3v) is 4.13. The van der Waals surface area contributed by atoms with Crippen LogP contribution in [0.1, 0.15) is 10.4 Å². The monoisotopic (exact) mass is 358 g/mol. The van der Waals surface area contributed by atoms with Crippen molar-refractivity contribution >= 4 is 22.5 Å². The van der Waals surface area contributed by atoms with E-state index in [2.05, 4.69) is 15.3 Å². The first-order valence-electron chi connectivity index (χ1n) is 8.19. The second-order valence-corrected chi connectivity index (χ2v) is 5.85. The number of rotatable bonds is 3. The Morgan fingerprint density at radius 2 is 1.63 bits per heavy atom. The van der Waals surface area contributed by atoms with Crippen molar-refractivity contribution in [1.29, 1.82) is 0 Å². The SMILES string of the molecule is O=C(Nc1ccncc1)c1ccc(-n2c(=O)[nH]c3ccccc3c2=O)cc1. The molecule has 0 radical (unpaired) electrons. The highest BCUT2D eigenvalue weighted by atomic mass is 16.2. The highest BCUT2D eigenvalue weighted by molar-refractivity contribution is 6.04. The van der Waals surface area contributed by atoms with E-state index in [0.29, 0.717) is 27.8 Å². The number of aromatic amines is 1. The van der Waals surface area contributed by atoms with E-state index in [9.17, 15) is 14.4 Å². The number of nitrogens with one attached hydrogen (secondary N) is 2. The van der Waals surface area contributed by atoms with Crippen molar-refractivity contribution in [2.75, 3.05) is 5.32 Å². The number of hydrogen-bond acceptors (Lipinski definition) is 4. The van der Waals surface area contributed by atoms with E-state index < -0.39 is 11.2 Å². The number of para-hydroxylation sites is 1. The average molecular weight is 358 g/mol. The first kappa shape index (κ1) is 16.5. The molecule has 1 amide bonds. The zero-order chi connectivity index (χ0) is 18.8. The van der Waals surface area contributed by atoms with Gasteiger partial charge in [-0.05, 0) is 48.5 Å². The van der Waals surface area contributed by atoms with Crippen molar-refractivity contribution in [3.05, 3.63) is 99.5 Å². The highest BCUT2D eigenvalue weighted by Gasteiger charge is 2.11. The molecule has 2 N–H and O–H groups in total. The quantitative estimate of drug-likeness (QED) is 0.587. The molecule has 0 saturated carbocycles. The van der Waals surface area contributed by atoms with Crippen molar-refractivity contribution < 1.29 is 4.79 Å². The molecule has 0 unspecified atom stereocenters. The topological polar surface area (TPSA) is 96.8 Å². The second-order valence-electron chi connectivity index (χ2n) is 5.85. The lowest BCUT2D eigenvalue weighted by molar-refractivity contribution is 0.102. The lowest BCUT2D eigenvalue weighted by Crippen LogP contribution is -2.33. The maximum atomic E-state index is 12.7. The molecule has 2 aromatic heterocycles. The lowest BCUT2D eigenvalue weighted by atomic mass is 10.2. The summed E-state index contributed by atoms with van der Waals surface area (Å²) >= 11 is 0. The zero-order valence-electron chi connectivity index (χ0n) is 14.0. The average Bonchev–Trinajstić information content (AvgIpc) is 2.69. The Labute approximate surface area is 152 Å². The highest BCUT2D eigenvalue weighted by Crippen LogP contribution is 2.11. The molecular weight excluding hydrogens is 344 g/mol. The summed E-state index contributed by atoms with van der Waals surface area (Å²) < 4.78 is 1.05. The number of aromatic nitrogens is 3. The number of carbonyl (C=O) groups excluding carboxylic acids is 1. The van der Waals surface area contributed by atoms with Crippen LogP contribution in [0.3, 0.4) is 0 Å². The predicted molar refractivity (Wildman–Crippen MR) is 102 cm³/mol. The van der Waals surface area contributed by atoms with E-state index in [-0.39, 0.29) is 5.91 Å². The molecule has 0 saturated heterocycles. The van der Waals surface area contributed by atoms with Gasteiger partial charge in [0.2, 0.25) is 0 Å². The molecule has 0 aliphatic heterocycles. The van der Waals surface area contributed by atoms with Gasteiger partial charge in [0.15, 0.2) is 0 Å². The molecule has 4 aromatic rings. The van der Waals surface area contributed by atoms with Gasteiger partial charge >= 0.3 is 5.69 Å². The van der Waals surface area contributed by atoms with Crippen LogP contribution in [0.5, 0.6) is 0 Å². The molecule has 0 atom stereocenters. The van der Waals surface area contributed by atoms with Gasteiger partial charge in [0.1, 0.15) is 0 Å². The van der Waals surface area contributed by atoms with Gasteiger partial charge in [0.05, 0.1) is 16.6 Å². The Morgan fingerprint density at radius 1 is 0.926 bits per heavy atom. The largest absolute Gasteiger partial charge is 0.333 e. The molecular formula is C20H14N4O3. The van der Waals surface area contributed by atoms with Crippen molar-refractivity contribution in [1.82, 2.24) is 14.5 Å². The van der Waals surface area contributed by atoms with Gasteiger partial charge < -0.3 is 10.3 Å². The van der Waals surface area contributed by atoms with E-state index in [0.717, 1.165) is 4.57 Å². The molecule has 2 aromatic carbocycles. The number of amides is 1. The van der Waals surface area contributed by atoms with Crippen molar-refractivity contribution in [2.45, 2.75) is 0 Å². The number of pyridine rings is 1. The Bertz CT molecular complexity index is 1240. The smallest absolute Gasteiger partial charge is 0.322 e. The Kier molecular flexibility index (Phi) is 4.10. The summed E-state index contributed by atoms with van der Waals surface area (Å²) in [6, 6.07) is 16.4. The van der Waals surface area contributed by atoms with Crippen molar-refractivity contribution in [2.24, 2.45) is 0 Å². The number of H-pyrrole nitrogens is 1. The zero-order valence-corrected chi connectivity index (χ0v) is 14.0. The minimum atomic E-state index is -0.535.